The van der Waals surface area contributed by atoms with E-state index in [1.54, 1.807) is 11.0 Å². The van der Waals surface area contributed by atoms with E-state index in [0.29, 0.717) is 58.0 Å². The van der Waals surface area contributed by atoms with Gasteiger partial charge in [0.25, 0.3) is 0 Å². The summed E-state index contributed by atoms with van der Waals surface area (Å²) >= 11 is 0. The van der Waals surface area contributed by atoms with Crippen LogP contribution in [0.3, 0.4) is 0 Å². The fourth-order valence-electron chi connectivity index (χ4n) is 3.18. The molecule has 3 rings (SSSR count). The highest BCUT2D eigenvalue weighted by Crippen LogP contribution is 2.29. The molecule has 1 atom stereocenters. The molecule has 2 fully saturated rings. The Morgan fingerprint density at radius 1 is 1.19 bits per heavy atom. The predicted octanol–water partition coefficient (Wildman–Crippen LogP) is 2.18. The second kappa shape index (κ2) is 10.5. The molecule has 5 nitrogen and oxygen atoms in total. The molecule has 1 unspecified atom stereocenters. The summed E-state index contributed by atoms with van der Waals surface area (Å²) in [6, 6.07) is 5.13. The van der Waals surface area contributed by atoms with Crippen molar-refractivity contribution < 1.29 is 22.7 Å². The first kappa shape index (κ1) is 24.0. The third-order valence-corrected chi connectivity index (χ3v) is 4.56. The van der Waals surface area contributed by atoms with Crippen LogP contribution in [0, 0.1) is 0 Å². The Morgan fingerprint density at radius 2 is 1.89 bits per heavy atom. The van der Waals surface area contributed by atoms with Gasteiger partial charge in [-0.3, -0.25) is 9.69 Å². The molecule has 2 saturated heterocycles. The topological polar surface area (TPSA) is 44.8 Å². The quantitative estimate of drug-likeness (QED) is 0.799. The number of nitrogens with zero attached hydrogens (tertiary/aromatic N) is 2. The molecule has 0 aliphatic carbocycles. The number of morpholine rings is 1. The van der Waals surface area contributed by atoms with Crippen LogP contribution in [0.4, 0.5) is 13.2 Å². The number of carbonyl (C=O) groups excluding carboxylic acids is 1. The number of carbonyl (C=O) groups is 1. The fourth-order valence-corrected chi connectivity index (χ4v) is 3.18. The number of nitrogens with one attached hydrogen (secondary N) is 1. The van der Waals surface area contributed by atoms with Gasteiger partial charge in [0.2, 0.25) is 5.91 Å². The Bertz CT molecular complexity index is 605. The maximum atomic E-state index is 12.8. The molecular formula is C17H24Cl2F3N3O2. The minimum atomic E-state index is -4.32. The van der Waals surface area contributed by atoms with E-state index >= 15 is 0 Å². The van der Waals surface area contributed by atoms with E-state index in [9.17, 15) is 18.0 Å². The average molecular weight is 430 g/mol. The molecule has 1 N–H and O–H groups in total. The lowest BCUT2D eigenvalue weighted by Crippen LogP contribution is -2.57. The zero-order chi connectivity index (χ0) is 17.9. The molecule has 1 aromatic rings. The minimum Gasteiger partial charge on any atom is -0.378 e. The van der Waals surface area contributed by atoms with Gasteiger partial charge in [-0.05, 0) is 11.6 Å². The number of amides is 1. The number of piperazine rings is 1. The molecule has 154 valence electrons. The Kier molecular flexibility index (Phi) is 9.30. The molecular weight excluding hydrogens is 406 g/mol. The standard InChI is InChI=1S/C17H22F3N3O2.2ClH/c18-17(19,20)14-3-1-2-13(10-14)11-22-5-7-23(8-6-22)16(24)15-12-25-9-4-21-15;;/h1-3,10,15,21H,4-9,11-12H2;2*1H. The Balaban J connectivity index is 0.00000182. The molecule has 2 heterocycles. The Morgan fingerprint density at radius 3 is 2.48 bits per heavy atom. The first-order valence-corrected chi connectivity index (χ1v) is 8.42. The van der Waals surface area contributed by atoms with Gasteiger partial charge < -0.3 is 15.0 Å². The van der Waals surface area contributed by atoms with E-state index < -0.39 is 11.7 Å². The summed E-state index contributed by atoms with van der Waals surface area (Å²) in [4.78, 5) is 16.3. The first-order chi connectivity index (χ1) is 11.9. The summed E-state index contributed by atoms with van der Waals surface area (Å²) in [5, 5.41) is 3.15. The summed E-state index contributed by atoms with van der Waals surface area (Å²) in [6.07, 6.45) is -4.32. The highest BCUT2D eigenvalue weighted by molar-refractivity contribution is 5.85. The maximum Gasteiger partial charge on any atom is 0.416 e. The van der Waals surface area contributed by atoms with Crippen molar-refractivity contribution in [3.05, 3.63) is 35.4 Å². The van der Waals surface area contributed by atoms with Gasteiger partial charge in [0.15, 0.2) is 0 Å². The zero-order valence-corrected chi connectivity index (χ0v) is 16.3. The van der Waals surface area contributed by atoms with Gasteiger partial charge in [-0.2, -0.15) is 13.2 Å². The minimum absolute atomic E-state index is 0. The lowest BCUT2D eigenvalue weighted by molar-refractivity contribution is -0.139. The van der Waals surface area contributed by atoms with E-state index in [1.165, 1.54) is 12.1 Å². The third kappa shape index (κ3) is 6.50. The summed E-state index contributed by atoms with van der Waals surface area (Å²) in [6.45, 7) is 4.59. The van der Waals surface area contributed by atoms with Crippen molar-refractivity contribution in [2.75, 3.05) is 45.9 Å². The third-order valence-electron chi connectivity index (χ3n) is 4.56. The number of benzene rings is 1. The van der Waals surface area contributed by atoms with E-state index in [4.69, 9.17) is 4.74 Å². The van der Waals surface area contributed by atoms with E-state index in [-0.39, 0.29) is 36.8 Å². The SMILES string of the molecule is Cl.Cl.O=C(C1COCCN1)N1CCN(Cc2cccc(C(F)(F)F)c2)CC1. The number of hydrogen-bond donors (Lipinski definition) is 1. The molecule has 0 aromatic heterocycles. The largest absolute Gasteiger partial charge is 0.416 e. The van der Waals surface area contributed by atoms with Crippen LogP contribution in [0.15, 0.2) is 24.3 Å². The number of ether oxygens (including phenoxy) is 1. The lowest BCUT2D eigenvalue weighted by atomic mass is 10.1. The molecule has 0 radical (unpaired) electrons. The number of alkyl halides is 3. The van der Waals surface area contributed by atoms with E-state index in [2.05, 4.69) is 10.2 Å². The van der Waals surface area contributed by atoms with Crippen molar-refractivity contribution in [3.8, 4) is 0 Å². The van der Waals surface area contributed by atoms with E-state index in [1.807, 2.05) is 0 Å². The predicted molar refractivity (Wildman–Crippen MR) is 100 cm³/mol. The molecule has 27 heavy (non-hydrogen) atoms. The number of rotatable bonds is 3. The van der Waals surface area contributed by atoms with Gasteiger partial charge in [-0.1, -0.05) is 18.2 Å². The van der Waals surface area contributed by atoms with Crippen molar-refractivity contribution in [1.29, 1.82) is 0 Å². The molecule has 1 aromatic carbocycles. The highest BCUT2D eigenvalue weighted by Gasteiger charge is 2.31. The second-order valence-electron chi connectivity index (χ2n) is 6.38. The molecule has 2 aliphatic rings. The summed E-state index contributed by atoms with van der Waals surface area (Å²) in [7, 11) is 0. The van der Waals surface area contributed by atoms with Crippen molar-refractivity contribution in [3.63, 3.8) is 0 Å². The van der Waals surface area contributed by atoms with Gasteiger partial charge in [-0.15, -0.1) is 24.8 Å². The van der Waals surface area contributed by atoms with Crippen LogP contribution < -0.4 is 5.32 Å². The second-order valence-corrected chi connectivity index (χ2v) is 6.38. The molecule has 0 saturated carbocycles. The molecule has 0 bridgehead atoms. The fraction of sp³-hybridized carbons (Fsp3) is 0.588. The Hall–Kier alpha value is -1.06. The highest BCUT2D eigenvalue weighted by atomic mass is 35.5. The van der Waals surface area contributed by atoms with Gasteiger partial charge in [0.05, 0.1) is 18.8 Å². The molecule has 1 amide bonds. The normalized spacial score (nSPS) is 21.1. The van der Waals surface area contributed by atoms with Crippen LogP contribution in [0.5, 0.6) is 0 Å². The molecule has 2 aliphatic heterocycles. The maximum absolute atomic E-state index is 12.8. The first-order valence-electron chi connectivity index (χ1n) is 8.42. The van der Waals surface area contributed by atoms with Crippen molar-refractivity contribution in [2.24, 2.45) is 0 Å². The van der Waals surface area contributed by atoms with Crippen LogP contribution in [-0.2, 0) is 22.3 Å². The van der Waals surface area contributed by atoms with Gasteiger partial charge >= 0.3 is 6.18 Å². The van der Waals surface area contributed by atoms with Gasteiger partial charge in [0, 0.05) is 39.3 Å². The summed E-state index contributed by atoms with van der Waals surface area (Å²) in [5.74, 6) is 0.0402. The number of halogens is 5. The summed E-state index contributed by atoms with van der Waals surface area (Å²) < 4.78 is 43.7. The average Bonchev–Trinajstić information content (AvgIpc) is 2.62. The smallest absolute Gasteiger partial charge is 0.378 e. The van der Waals surface area contributed by atoms with Crippen molar-refractivity contribution in [1.82, 2.24) is 15.1 Å². The van der Waals surface area contributed by atoms with Crippen molar-refractivity contribution >= 4 is 30.7 Å². The molecule has 10 heteroatoms. The lowest BCUT2D eigenvalue weighted by Gasteiger charge is -2.37. The van der Waals surface area contributed by atoms with Gasteiger partial charge in [0.1, 0.15) is 6.04 Å². The Labute approximate surface area is 169 Å². The van der Waals surface area contributed by atoms with Crippen LogP contribution in [0.25, 0.3) is 0 Å². The van der Waals surface area contributed by atoms with Crippen LogP contribution in [0.1, 0.15) is 11.1 Å². The monoisotopic (exact) mass is 429 g/mol. The number of hydrogen-bond acceptors (Lipinski definition) is 4. The van der Waals surface area contributed by atoms with Crippen LogP contribution >= 0.6 is 24.8 Å². The van der Waals surface area contributed by atoms with Crippen LogP contribution in [0.2, 0.25) is 0 Å². The molecule has 0 spiro atoms. The van der Waals surface area contributed by atoms with Crippen LogP contribution in [-0.4, -0.2) is 67.7 Å². The van der Waals surface area contributed by atoms with Crippen molar-refractivity contribution in [2.45, 2.75) is 18.8 Å². The summed E-state index contributed by atoms with van der Waals surface area (Å²) in [5.41, 5.74) is 0.0131. The van der Waals surface area contributed by atoms with E-state index in [0.717, 1.165) is 6.07 Å². The zero-order valence-electron chi connectivity index (χ0n) is 14.7. The van der Waals surface area contributed by atoms with Gasteiger partial charge in [-0.25, -0.2) is 0 Å².